The number of nitrogens with two attached hydrogens (primary N) is 1. The van der Waals surface area contributed by atoms with Crippen LogP contribution in [0.1, 0.15) is 26.2 Å². The van der Waals surface area contributed by atoms with Gasteiger partial charge in [0.2, 0.25) is 0 Å². The Balaban J connectivity index is 0. The van der Waals surface area contributed by atoms with Crippen molar-refractivity contribution in [2.24, 2.45) is 5.73 Å². The first kappa shape index (κ1) is 12.4. The van der Waals surface area contributed by atoms with Gasteiger partial charge in [-0.1, -0.05) is 19.8 Å². The molecule has 0 aliphatic heterocycles. The van der Waals surface area contributed by atoms with Gasteiger partial charge in [-0.3, -0.25) is 0 Å². The van der Waals surface area contributed by atoms with Crippen LogP contribution in [0.2, 0.25) is 0 Å². The van der Waals surface area contributed by atoms with Gasteiger partial charge < -0.3 is 15.6 Å². The lowest BCUT2D eigenvalue weighted by atomic mass is 10.1. The molecule has 0 aromatic rings. The van der Waals surface area contributed by atoms with E-state index in [0.717, 1.165) is 12.8 Å². The molecule has 62 valence electrons. The van der Waals surface area contributed by atoms with E-state index in [1.165, 1.54) is 0 Å². The normalized spacial score (nSPS) is 11.8. The molecular formula is C6H13ClNO2-. The van der Waals surface area contributed by atoms with Crippen molar-refractivity contribution in [3.05, 3.63) is 0 Å². The number of hydrogen-bond donors (Lipinski definition) is 1. The van der Waals surface area contributed by atoms with Crippen LogP contribution in [-0.2, 0) is 4.79 Å². The molecule has 0 spiro atoms. The van der Waals surface area contributed by atoms with E-state index in [1.54, 1.807) is 0 Å². The molecule has 0 heterocycles. The summed E-state index contributed by atoms with van der Waals surface area (Å²) in [6.07, 6.45) is 2.36. The third-order valence-electron chi connectivity index (χ3n) is 1.17. The number of carbonyl (C=O) groups is 1. The summed E-state index contributed by atoms with van der Waals surface area (Å²) in [6, 6.07) is -0.773. The van der Waals surface area contributed by atoms with E-state index in [1.807, 2.05) is 6.92 Å². The van der Waals surface area contributed by atoms with E-state index >= 15 is 0 Å². The van der Waals surface area contributed by atoms with E-state index in [4.69, 9.17) is 5.73 Å². The first-order chi connectivity index (χ1) is 4.18. The molecule has 1 atom stereocenters. The average Bonchev–Trinajstić information content (AvgIpc) is 1.82. The lowest BCUT2D eigenvalue weighted by Crippen LogP contribution is -2.41. The molecule has 0 amide bonds. The number of unbranched alkanes of at least 4 members (excludes halogenated alkanes) is 1. The van der Waals surface area contributed by atoms with Crippen molar-refractivity contribution in [2.75, 3.05) is 0 Å². The number of carboxylic acids is 1. The number of carbonyl (C=O) groups excluding carboxylic acids is 1. The maximum absolute atomic E-state index is 9.97. The molecule has 0 bridgehead atoms. The fourth-order valence-electron chi connectivity index (χ4n) is 0.542. The van der Waals surface area contributed by atoms with Gasteiger partial charge in [0.15, 0.2) is 0 Å². The monoisotopic (exact) mass is 166 g/mol. The molecule has 0 fully saturated rings. The third-order valence-corrected chi connectivity index (χ3v) is 1.17. The van der Waals surface area contributed by atoms with Crippen molar-refractivity contribution in [1.82, 2.24) is 0 Å². The van der Waals surface area contributed by atoms with E-state index in [-0.39, 0.29) is 12.4 Å². The molecule has 3 nitrogen and oxygen atoms in total. The summed E-state index contributed by atoms with van der Waals surface area (Å²) < 4.78 is 0. The standard InChI is InChI=1S/C6H13NO2.ClH/c1-2-3-4-5(7)6(8)9;/h5H,2-4,7H2,1H3,(H,8,9);1H/p-1. The van der Waals surface area contributed by atoms with Crippen LogP contribution in [0, 0.1) is 0 Å². The van der Waals surface area contributed by atoms with Crippen LogP contribution in [0.15, 0.2) is 0 Å². The highest BCUT2D eigenvalue weighted by Crippen LogP contribution is 1.95. The zero-order valence-corrected chi connectivity index (χ0v) is 6.82. The molecule has 2 N–H and O–H groups in total. The quantitative estimate of drug-likeness (QED) is 0.623. The van der Waals surface area contributed by atoms with Crippen LogP contribution in [0.5, 0.6) is 0 Å². The predicted octanol–water partition coefficient (Wildman–Crippen LogP) is -0.324. The first-order valence-corrected chi connectivity index (χ1v) is 3.15. The molecular weight excluding hydrogens is 154 g/mol. The van der Waals surface area contributed by atoms with Crippen LogP contribution in [-0.4, -0.2) is 12.0 Å². The lowest BCUT2D eigenvalue weighted by Gasteiger charge is -2.10. The number of carboxylic acid groups (broad SMARTS) is 1. The molecule has 0 saturated heterocycles. The highest BCUT2D eigenvalue weighted by atomic mass is 35.5. The van der Waals surface area contributed by atoms with Crippen molar-refractivity contribution < 1.29 is 9.90 Å². The smallest absolute Gasteiger partial charge is 0.0582 e. The highest BCUT2D eigenvalue weighted by Gasteiger charge is 1.99. The van der Waals surface area contributed by atoms with Crippen LogP contribution in [0.3, 0.4) is 0 Å². The number of hydrogen-bond acceptors (Lipinski definition) is 3. The molecule has 0 saturated carbocycles. The van der Waals surface area contributed by atoms with Gasteiger partial charge in [-0.2, -0.15) is 0 Å². The Hall–Kier alpha value is -0.280. The summed E-state index contributed by atoms with van der Waals surface area (Å²) >= 11 is 0. The molecule has 0 aromatic heterocycles. The van der Waals surface area contributed by atoms with Crippen molar-refractivity contribution in [1.29, 1.82) is 0 Å². The summed E-state index contributed by atoms with van der Waals surface area (Å²) in [6.45, 7) is 1.99. The maximum Gasteiger partial charge on any atom is 0.0582 e. The Morgan fingerprint density at radius 2 is 2.20 bits per heavy atom. The Labute approximate surface area is 67.0 Å². The minimum atomic E-state index is -1.15. The predicted molar refractivity (Wildman–Crippen MR) is 39.8 cm³/mol. The van der Waals surface area contributed by atoms with E-state index in [0.29, 0.717) is 6.42 Å². The summed E-state index contributed by atoms with van der Waals surface area (Å²) in [4.78, 5) is 9.97. The fraction of sp³-hybridized carbons (Fsp3) is 0.833. The number of rotatable bonds is 4. The largest absolute Gasteiger partial charge is 0.548 e. The summed E-state index contributed by atoms with van der Waals surface area (Å²) in [5, 5.41) is 9.97. The van der Waals surface area contributed by atoms with Crippen molar-refractivity contribution >= 4 is 18.4 Å². The summed E-state index contributed by atoms with van der Waals surface area (Å²) in [5.74, 6) is -1.15. The van der Waals surface area contributed by atoms with Gasteiger partial charge in [0.25, 0.3) is 0 Å². The maximum atomic E-state index is 9.97. The van der Waals surface area contributed by atoms with Gasteiger partial charge >= 0.3 is 0 Å². The second kappa shape index (κ2) is 6.83. The van der Waals surface area contributed by atoms with Crippen LogP contribution >= 0.6 is 12.4 Å². The van der Waals surface area contributed by atoms with E-state index in [9.17, 15) is 9.90 Å². The number of aliphatic carboxylic acids is 1. The van der Waals surface area contributed by atoms with Gasteiger partial charge in [0, 0.05) is 6.04 Å². The molecule has 0 rings (SSSR count). The van der Waals surface area contributed by atoms with Crippen LogP contribution in [0.4, 0.5) is 0 Å². The molecule has 10 heavy (non-hydrogen) atoms. The highest BCUT2D eigenvalue weighted by molar-refractivity contribution is 5.85. The minimum absolute atomic E-state index is 0. The molecule has 4 heteroatoms. The van der Waals surface area contributed by atoms with Gasteiger partial charge in [-0.15, -0.1) is 12.4 Å². The second-order valence-corrected chi connectivity index (χ2v) is 2.07. The van der Waals surface area contributed by atoms with Crippen molar-refractivity contribution in [3.63, 3.8) is 0 Å². The van der Waals surface area contributed by atoms with Crippen LogP contribution < -0.4 is 10.8 Å². The molecule has 0 aliphatic carbocycles. The summed E-state index contributed by atoms with van der Waals surface area (Å²) in [5.41, 5.74) is 5.14. The lowest BCUT2D eigenvalue weighted by molar-refractivity contribution is -0.307. The number of halogens is 1. The Morgan fingerprint density at radius 1 is 1.70 bits per heavy atom. The Bertz CT molecular complexity index is 97.7. The van der Waals surface area contributed by atoms with Gasteiger partial charge in [0.05, 0.1) is 5.97 Å². The third kappa shape index (κ3) is 5.85. The SMILES string of the molecule is CCCCC(N)C(=O)[O-].Cl. The Kier molecular flexibility index (Phi) is 8.48. The fourth-order valence-corrected chi connectivity index (χ4v) is 0.542. The van der Waals surface area contributed by atoms with Crippen LogP contribution in [0.25, 0.3) is 0 Å². The minimum Gasteiger partial charge on any atom is -0.548 e. The van der Waals surface area contributed by atoms with Crippen molar-refractivity contribution in [3.8, 4) is 0 Å². The first-order valence-electron chi connectivity index (χ1n) is 3.15. The second-order valence-electron chi connectivity index (χ2n) is 2.07. The van der Waals surface area contributed by atoms with Gasteiger partial charge in [-0.05, 0) is 6.42 Å². The molecule has 0 aromatic carbocycles. The van der Waals surface area contributed by atoms with Gasteiger partial charge in [0.1, 0.15) is 0 Å². The zero-order valence-electron chi connectivity index (χ0n) is 6.00. The Morgan fingerprint density at radius 3 is 2.50 bits per heavy atom. The molecule has 0 radical (unpaired) electrons. The molecule has 0 aliphatic rings. The zero-order chi connectivity index (χ0) is 7.28. The summed E-state index contributed by atoms with van der Waals surface area (Å²) in [7, 11) is 0. The topological polar surface area (TPSA) is 66.2 Å². The van der Waals surface area contributed by atoms with E-state index in [2.05, 4.69) is 0 Å². The average molecular weight is 167 g/mol. The van der Waals surface area contributed by atoms with E-state index < -0.39 is 12.0 Å². The van der Waals surface area contributed by atoms with Gasteiger partial charge in [-0.25, -0.2) is 0 Å². The van der Waals surface area contributed by atoms with Crippen molar-refractivity contribution in [2.45, 2.75) is 32.2 Å². The molecule has 1 unspecified atom stereocenters.